The van der Waals surface area contributed by atoms with Crippen LogP contribution >= 0.6 is 0 Å². The Hall–Kier alpha value is -1.30. The first-order valence-electron chi connectivity index (χ1n) is 6.17. The van der Waals surface area contributed by atoms with Crippen LogP contribution in [0.1, 0.15) is 51.7 Å². The molecule has 0 radical (unpaired) electrons. The Bertz CT molecular complexity index is 338. The predicted molar refractivity (Wildman–Crippen MR) is 74.3 cm³/mol. The van der Waals surface area contributed by atoms with Crippen LogP contribution < -0.4 is 0 Å². The molecule has 0 amide bonds. The third-order valence-corrected chi connectivity index (χ3v) is 3.09. The molecule has 0 saturated heterocycles. The fourth-order valence-electron chi connectivity index (χ4n) is 2.05. The van der Waals surface area contributed by atoms with Gasteiger partial charge in [0.15, 0.2) is 0 Å². The Morgan fingerprint density at radius 2 is 1.12 bits per heavy atom. The second-order valence-electron chi connectivity index (χ2n) is 3.91. The van der Waals surface area contributed by atoms with E-state index in [-0.39, 0.29) is 0 Å². The highest BCUT2D eigenvalue weighted by Crippen LogP contribution is 2.22. The topological polar surface area (TPSA) is 0 Å². The van der Waals surface area contributed by atoms with Gasteiger partial charge in [-0.3, -0.25) is 0 Å². The van der Waals surface area contributed by atoms with Crippen molar-refractivity contribution in [3.63, 3.8) is 0 Å². The van der Waals surface area contributed by atoms with E-state index in [1.807, 2.05) is 0 Å². The van der Waals surface area contributed by atoms with Crippen molar-refractivity contribution < 1.29 is 0 Å². The predicted octanol–water partition coefficient (Wildman–Crippen LogP) is 5.31. The molecule has 16 heavy (non-hydrogen) atoms. The van der Waals surface area contributed by atoms with Crippen molar-refractivity contribution in [2.75, 3.05) is 0 Å². The van der Waals surface area contributed by atoms with Gasteiger partial charge in [-0.05, 0) is 49.0 Å². The Labute approximate surface area is 99.7 Å². The molecule has 0 aliphatic carbocycles. The standard InChI is InChI=1S/C16H22/c1-5-13(6-2)15-9-11-16(12-10-15)14(7-3)8-4/h5,7,9-12H,6,8H2,1-4H3. The molecule has 0 aliphatic heterocycles. The van der Waals surface area contributed by atoms with Crippen molar-refractivity contribution in [1.29, 1.82) is 0 Å². The molecule has 0 bridgehead atoms. The summed E-state index contributed by atoms with van der Waals surface area (Å²) in [5.74, 6) is 0. The monoisotopic (exact) mass is 214 g/mol. The van der Waals surface area contributed by atoms with Crippen molar-refractivity contribution in [3.8, 4) is 0 Å². The van der Waals surface area contributed by atoms with Crippen LogP contribution in [0.2, 0.25) is 0 Å². The largest absolute Gasteiger partial charge is 0.0839 e. The van der Waals surface area contributed by atoms with Crippen molar-refractivity contribution in [2.24, 2.45) is 0 Å². The lowest BCUT2D eigenvalue weighted by Gasteiger charge is -2.08. The van der Waals surface area contributed by atoms with Crippen LogP contribution in [0, 0.1) is 0 Å². The second-order valence-corrected chi connectivity index (χ2v) is 3.91. The second kappa shape index (κ2) is 6.32. The summed E-state index contributed by atoms with van der Waals surface area (Å²) in [4.78, 5) is 0. The molecule has 0 atom stereocenters. The van der Waals surface area contributed by atoms with Gasteiger partial charge in [0.2, 0.25) is 0 Å². The lowest BCUT2D eigenvalue weighted by atomic mass is 9.98. The molecule has 0 aliphatic rings. The van der Waals surface area contributed by atoms with Crippen LogP contribution in [0.5, 0.6) is 0 Å². The van der Waals surface area contributed by atoms with Crippen molar-refractivity contribution >= 4 is 11.1 Å². The van der Waals surface area contributed by atoms with Gasteiger partial charge in [0.25, 0.3) is 0 Å². The van der Waals surface area contributed by atoms with Gasteiger partial charge in [0.05, 0.1) is 0 Å². The minimum atomic E-state index is 1.10. The fourth-order valence-corrected chi connectivity index (χ4v) is 2.05. The summed E-state index contributed by atoms with van der Waals surface area (Å²) in [5, 5.41) is 0. The van der Waals surface area contributed by atoms with Gasteiger partial charge in [0, 0.05) is 0 Å². The van der Waals surface area contributed by atoms with Gasteiger partial charge in [-0.2, -0.15) is 0 Å². The Kier molecular flexibility index (Phi) is 5.04. The molecule has 86 valence electrons. The van der Waals surface area contributed by atoms with Crippen LogP contribution in [-0.2, 0) is 0 Å². The molecule has 0 heteroatoms. The lowest BCUT2D eigenvalue weighted by molar-refractivity contribution is 1.22. The molecule has 0 spiro atoms. The Balaban J connectivity index is 2.99. The Morgan fingerprint density at radius 1 is 0.812 bits per heavy atom. The molecular formula is C16H22. The van der Waals surface area contributed by atoms with E-state index in [0.717, 1.165) is 12.8 Å². The highest BCUT2D eigenvalue weighted by molar-refractivity contribution is 5.70. The average Bonchev–Trinajstić information content (AvgIpc) is 2.34. The third kappa shape index (κ3) is 2.85. The highest BCUT2D eigenvalue weighted by Gasteiger charge is 2.00. The minimum Gasteiger partial charge on any atom is -0.0839 e. The molecule has 0 nitrogen and oxygen atoms in total. The number of allylic oxidation sites excluding steroid dienone is 4. The summed E-state index contributed by atoms with van der Waals surface area (Å²) < 4.78 is 0. The van der Waals surface area contributed by atoms with Gasteiger partial charge >= 0.3 is 0 Å². The van der Waals surface area contributed by atoms with Gasteiger partial charge in [-0.1, -0.05) is 50.3 Å². The zero-order valence-corrected chi connectivity index (χ0v) is 10.9. The summed E-state index contributed by atoms with van der Waals surface area (Å²) in [6.07, 6.45) is 6.59. The quantitative estimate of drug-likeness (QED) is 0.637. The summed E-state index contributed by atoms with van der Waals surface area (Å²) in [6.45, 7) is 8.62. The minimum absolute atomic E-state index is 1.10. The molecule has 0 unspecified atom stereocenters. The number of hydrogen-bond donors (Lipinski definition) is 0. The van der Waals surface area contributed by atoms with Crippen molar-refractivity contribution in [3.05, 3.63) is 47.5 Å². The van der Waals surface area contributed by atoms with E-state index >= 15 is 0 Å². The zero-order chi connectivity index (χ0) is 12.0. The normalized spacial score (nSPS) is 13.0. The first-order chi connectivity index (χ1) is 7.76. The molecule has 0 aromatic heterocycles. The van der Waals surface area contributed by atoms with E-state index in [9.17, 15) is 0 Å². The van der Waals surface area contributed by atoms with Gasteiger partial charge in [-0.15, -0.1) is 0 Å². The van der Waals surface area contributed by atoms with Gasteiger partial charge in [-0.25, -0.2) is 0 Å². The van der Waals surface area contributed by atoms with E-state index in [0.29, 0.717) is 0 Å². The summed E-state index contributed by atoms with van der Waals surface area (Å²) in [7, 11) is 0. The summed E-state index contributed by atoms with van der Waals surface area (Å²) in [5.41, 5.74) is 5.54. The van der Waals surface area contributed by atoms with Crippen LogP contribution in [0.4, 0.5) is 0 Å². The molecule has 0 N–H and O–H groups in total. The SMILES string of the molecule is CC=C(CC)c1ccc(C(=CC)CC)cc1. The van der Waals surface area contributed by atoms with Crippen LogP contribution in [0.25, 0.3) is 11.1 Å². The van der Waals surface area contributed by atoms with Crippen molar-refractivity contribution in [1.82, 2.24) is 0 Å². The molecule has 0 fully saturated rings. The first-order valence-corrected chi connectivity index (χ1v) is 6.17. The van der Waals surface area contributed by atoms with E-state index in [1.54, 1.807) is 0 Å². The van der Waals surface area contributed by atoms with E-state index in [2.05, 4.69) is 64.1 Å². The number of hydrogen-bond acceptors (Lipinski definition) is 0. The van der Waals surface area contributed by atoms with E-state index < -0.39 is 0 Å². The summed E-state index contributed by atoms with van der Waals surface area (Å²) in [6, 6.07) is 8.92. The third-order valence-electron chi connectivity index (χ3n) is 3.09. The lowest BCUT2D eigenvalue weighted by Crippen LogP contribution is -1.86. The van der Waals surface area contributed by atoms with Gasteiger partial charge < -0.3 is 0 Å². The van der Waals surface area contributed by atoms with Crippen LogP contribution in [0.3, 0.4) is 0 Å². The maximum Gasteiger partial charge on any atom is -0.0228 e. The van der Waals surface area contributed by atoms with E-state index in [4.69, 9.17) is 0 Å². The highest BCUT2D eigenvalue weighted by atomic mass is 14.1. The number of rotatable bonds is 4. The molecule has 1 aromatic carbocycles. The number of benzene rings is 1. The summed E-state index contributed by atoms with van der Waals surface area (Å²) >= 11 is 0. The Morgan fingerprint density at radius 3 is 1.31 bits per heavy atom. The first kappa shape index (κ1) is 12.8. The molecular weight excluding hydrogens is 192 g/mol. The van der Waals surface area contributed by atoms with Crippen LogP contribution in [-0.4, -0.2) is 0 Å². The average molecular weight is 214 g/mol. The maximum absolute atomic E-state index is 2.23. The van der Waals surface area contributed by atoms with E-state index in [1.165, 1.54) is 22.3 Å². The molecule has 1 aromatic rings. The maximum atomic E-state index is 2.23. The van der Waals surface area contributed by atoms with Crippen LogP contribution in [0.15, 0.2) is 36.4 Å². The van der Waals surface area contributed by atoms with Crippen molar-refractivity contribution in [2.45, 2.75) is 40.5 Å². The smallest absolute Gasteiger partial charge is 0.0228 e. The van der Waals surface area contributed by atoms with Gasteiger partial charge in [0.1, 0.15) is 0 Å². The fraction of sp³-hybridized carbons (Fsp3) is 0.375. The zero-order valence-electron chi connectivity index (χ0n) is 10.9. The molecule has 0 saturated carbocycles. The molecule has 1 rings (SSSR count). The molecule has 0 heterocycles.